The van der Waals surface area contributed by atoms with E-state index >= 15 is 0 Å². The Kier molecular flexibility index (Phi) is 4.74. The lowest BCUT2D eigenvalue weighted by Crippen LogP contribution is -2.12. The van der Waals surface area contributed by atoms with Gasteiger partial charge in [-0.1, -0.05) is 24.6 Å². The van der Waals surface area contributed by atoms with Gasteiger partial charge in [0, 0.05) is 12.0 Å². The van der Waals surface area contributed by atoms with E-state index < -0.39 is 0 Å². The number of anilines is 1. The summed E-state index contributed by atoms with van der Waals surface area (Å²) in [5.41, 5.74) is 3.00. The normalized spacial score (nSPS) is 15.1. The first-order valence-electron chi connectivity index (χ1n) is 6.63. The number of hydrogen-bond donors (Lipinski definition) is 2. The van der Waals surface area contributed by atoms with Crippen molar-refractivity contribution < 1.29 is 4.79 Å². The number of halogens is 1. The molecule has 0 unspecified atom stereocenters. The van der Waals surface area contributed by atoms with Gasteiger partial charge >= 0.3 is 0 Å². The average molecular weight is 293 g/mol. The van der Waals surface area contributed by atoms with Crippen LogP contribution < -0.4 is 5.32 Å². The number of hydrogen-bond acceptors (Lipinski definition) is 3. The van der Waals surface area contributed by atoms with E-state index in [0.29, 0.717) is 17.9 Å². The molecule has 1 amide bonds. The van der Waals surface area contributed by atoms with Crippen LogP contribution in [0.4, 0.5) is 5.82 Å². The summed E-state index contributed by atoms with van der Waals surface area (Å²) in [7, 11) is 0. The minimum absolute atomic E-state index is 0. The minimum atomic E-state index is 0. The Hall–Kier alpha value is -1.88. The zero-order chi connectivity index (χ0) is 13.1. The Morgan fingerprint density at radius 3 is 2.80 bits per heavy atom. The van der Waals surface area contributed by atoms with E-state index in [2.05, 4.69) is 32.9 Å². The largest absolute Gasteiger partial charge is 0.307 e. The molecule has 1 aromatic heterocycles. The van der Waals surface area contributed by atoms with E-state index in [9.17, 15) is 4.79 Å². The maximum atomic E-state index is 11.8. The molecule has 0 aliphatic carbocycles. The van der Waals surface area contributed by atoms with Crippen molar-refractivity contribution >= 4 is 24.1 Å². The minimum Gasteiger partial charge on any atom is -0.307 e. The molecule has 1 aliphatic heterocycles. The first-order valence-corrected chi connectivity index (χ1v) is 6.63. The van der Waals surface area contributed by atoms with Crippen LogP contribution in [0.2, 0.25) is 0 Å². The SMILES string of the molecule is Cl.O=C1CCCCCc2cccc(c2)-c2n[nH]nc2N1. The van der Waals surface area contributed by atoms with E-state index in [1.54, 1.807) is 0 Å². The van der Waals surface area contributed by atoms with Crippen molar-refractivity contribution in [3.8, 4) is 11.3 Å². The number of fused-ring (bicyclic) bond motifs is 4. The molecule has 6 heteroatoms. The predicted molar refractivity (Wildman–Crippen MR) is 79.9 cm³/mol. The van der Waals surface area contributed by atoms with Gasteiger partial charge in [-0.25, -0.2) is 0 Å². The maximum Gasteiger partial charge on any atom is 0.225 e. The summed E-state index contributed by atoms with van der Waals surface area (Å²) in [4.78, 5) is 11.8. The highest BCUT2D eigenvalue weighted by Crippen LogP contribution is 2.25. The Morgan fingerprint density at radius 1 is 1.05 bits per heavy atom. The zero-order valence-electron chi connectivity index (χ0n) is 11.1. The van der Waals surface area contributed by atoms with E-state index in [0.717, 1.165) is 31.2 Å². The van der Waals surface area contributed by atoms with Crippen molar-refractivity contribution in [2.45, 2.75) is 32.1 Å². The van der Waals surface area contributed by atoms with Crippen LogP contribution in [0.1, 0.15) is 31.2 Å². The third kappa shape index (κ3) is 3.17. The Bertz CT molecular complexity index is 596. The number of aryl methyl sites for hydroxylation is 1. The van der Waals surface area contributed by atoms with E-state index in [1.807, 2.05) is 12.1 Å². The third-order valence-corrected chi connectivity index (χ3v) is 3.38. The van der Waals surface area contributed by atoms with Gasteiger partial charge in [0.15, 0.2) is 5.82 Å². The lowest BCUT2D eigenvalue weighted by atomic mass is 10.0. The third-order valence-electron chi connectivity index (χ3n) is 3.38. The highest BCUT2D eigenvalue weighted by atomic mass is 35.5. The molecule has 2 aromatic rings. The van der Waals surface area contributed by atoms with Gasteiger partial charge in [0.1, 0.15) is 5.69 Å². The zero-order valence-corrected chi connectivity index (χ0v) is 11.9. The van der Waals surface area contributed by atoms with Crippen molar-refractivity contribution in [3.63, 3.8) is 0 Å². The Morgan fingerprint density at radius 2 is 1.90 bits per heavy atom. The second kappa shape index (κ2) is 6.52. The fraction of sp³-hybridized carbons (Fsp3) is 0.357. The van der Waals surface area contributed by atoms with Gasteiger partial charge in [-0.05, 0) is 30.9 Å². The van der Waals surface area contributed by atoms with Crippen LogP contribution in [0.15, 0.2) is 24.3 Å². The molecule has 106 valence electrons. The number of nitrogens with one attached hydrogen (secondary N) is 2. The first-order chi connectivity index (χ1) is 9.33. The second-order valence-electron chi connectivity index (χ2n) is 4.83. The van der Waals surface area contributed by atoms with Gasteiger partial charge in [0.25, 0.3) is 0 Å². The number of carbonyl (C=O) groups is 1. The highest BCUT2D eigenvalue weighted by Gasteiger charge is 2.14. The van der Waals surface area contributed by atoms with Crippen LogP contribution in [0.25, 0.3) is 11.3 Å². The molecule has 20 heavy (non-hydrogen) atoms. The molecule has 3 rings (SSSR count). The predicted octanol–water partition coefficient (Wildman–Crippen LogP) is 2.95. The number of nitrogens with zero attached hydrogens (tertiary/aromatic N) is 2. The van der Waals surface area contributed by atoms with Crippen molar-refractivity contribution in [2.75, 3.05) is 5.32 Å². The molecular formula is C14H17ClN4O. The van der Waals surface area contributed by atoms with E-state index in [-0.39, 0.29) is 18.3 Å². The van der Waals surface area contributed by atoms with Crippen molar-refractivity contribution in [2.24, 2.45) is 0 Å². The number of aromatic nitrogens is 3. The molecule has 1 aromatic carbocycles. The van der Waals surface area contributed by atoms with Gasteiger partial charge in [-0.3, -0.25) is 4.79 Å². The number of rotatable bonds is 0. The molecule has 2 N–H and O–H groups in total. The van der Waals surface area contributed by atoms with Crippen LogP contribution in [0.5, 0.6) is 0 Å². The monoisotopic (exact) mass is 292 g/mol. The van der Waals surface area contributed by atoms with Gasteiger partial charge in [0.2, 0.25) is 5.91 Å². The number of carbonyl (C=O) groups excluding carboxylic acids is 1. The van der Waals surface area contributed by atoms with Crippen LogP contribution in [-0.2, 0) is 11.2 Å². The molecule has 2 heterocycles. The van der Waals surface area contributed by atoms with E-state index in [4.69, 9.17) is 0 Å². The number of benzene rings is 1. The molecule has 1 aliphatic rings. The van der Waals surface area contributed by atoms with Crippen LogP contribution in [-0.4, -0.2) is 21.3 Å². The molecule has 0 spiro atoms. The summed E-state index contributed by atoms with van der Waals surface area (Å²) in [5.74, 6) is 0.523. The molecule has 0 saturated heterocycles. The van der Waals surface area contributed by atoms with Crippen LogP contribution >= 0.6 is 12.4 Å². The maximum absolute atomic E-state index is 11.8. The topological polar surface area (TPSA) is 70.7 Å². The lowest BCUT2D eigenvalue weighted by Gasteiger charge is -2.08. The highest BCUT2D eigenvalue weighted by molar-refractivity contribution is 5.93. The smallest absolute Gasteiger partial charge is 0.225 e. The summed E-state index contributed by atoms with van der Waals surface area (Å²) in [6, 6.07) is 8.27. The fourth-order valence-electron chi connectivity index (χ4n) is 2.38. The first kappa shape index (κ1) is 14.5. The average Bonchev–Trinajstić information content (AvgIpc) is 2.86. The van der Waals surface area contributed by atoms with Crippen molar-refractivity contribution in [1.29, 1.82) is 0 Å². The quantitative estimate of drug-likeness (QED) is 0.784. The molecule has 5 nitrogen and oxygen atoms in total. The summed E-state index contributed by atoms with van der Waals surface area (Å²) in [6.45, 7) is 0. The van der Waals surface area contributed by atoms with Gasteiger partial charge in [-0.15, -0.1) is 17.5 Å². The molecule has 0 saturated carbocycles. The summed E-state index contributed by atoms with van der Waals surface area (Å²) in [5, 5.41) is 13.6. The Balaban J connectivity index is 0.00000147. The Labute approximate surface area is 123 Å². The van der Waals surface area contributed by atoms with Crippen molar-refractivity contribution in [1.82, 2.24) is 15.4 Å². The molecular weight excluding hydrogens is 276 g/mol. The summed E-state index contributed by atoms with van der Waals surface area (Å²) in [6.07, 6.45) is 4.69. The molecule has 0 radical (unpaired) electrons. The fourth-order valence-corrected chi connectivity index (χ4v) is 2.38. The lowest BCUT2D eigenvalue weighted by molar-refractivity contribution is -0.116. The van der Waals surface area contributed by atoms with Crippen LogP contribution in [0.3, 0.4) is 0 Å². The van der Waals surface area contributed by atoms with Gasteiger partial charge in [-0.2, -0.15) is 10.3 Å². The van der Waals surface area contributed by atoms with Crippen LogP contribution in [0, 0.1) is 0 Å². The van der Waals surface area contributed by atoms with Gasteiger partial charge < -0.3 is 5.32 Å². The number of aromatic amines is 1. The van der Waals surface area contributed by atoms with Crippen molar-refractivity contribution in [3.05, 3.63) is 29.8 Å². The summed E-state index contributed by atoms with van der Waals surface area (Å²) >= 11 is 0. The number of amides is 1. The molecule has 0 fully saturated rings. The second-order valence-corrected chi connectivity index (χ2v) is 4.83. The summed E-state index contributed by atoms with van der Waals surface area (Å²) < 4.78 is 0. The van der Waals surface area contributed by atoms with Gasteiger partial charge in [0.05, 0.1) is 0 Å². The molecule has 2 bridgehead atoms. The number of H-pyrrole nitrogens is 1. The van der Waals surface area contributed by atoms with E-state index in [1.165, 1.54) is 5.56 Å². The standard InChI is InChI=1S/C14H16N4O.ClH/c19-12-8-3-1-2-5-10-6-4-7-11(9-10)13-14(15-12)17-18-16-13;/h4,6-7,9H,1-3,5,8H2,(H2,15,16,17,18,19);1H. The molecule has 0 atom stereocenters.